The number of carbonyl (C=O) groups is 1. The van der Waals surface area contributed by atoms with Crippen LogP contribution in [0.4, 0.5) is 0 Å². The molecule has 1 aliphatic rings. The Labute approximate surface area is 136 Å². The van der Waals surface area contributed by atoms with Crippen LogP contribution in [0.15, 0.2) is 53.3 Å². The topological polar surface area (TPSA) is 72.9 Å². The zero-order valence-corrected chi connectivity index (χ0v) is 14.1. The SMILES string of the molecule is C=C1OCC(/C(=C\C)C(=O)OC)N1S(=O)(=O)c1ccc(C)cc1. The second kappa shape index (κ2) is 6.45. The van der Waals surface area contributed by atoms with Gasteiger partial charge in [-0.25, -0.2) is 17.5 Å². The zero-order valence-electron chi connectivity index (χ0n) is 13.3. The highest BCUT2D eigenvalue weighted by atomic mass is 32.2. The summed E-state index contributed by atoms with van der Waals surface area (Å²) in [6.07, 6.45) is 1.52. The van der Waals surface area contributed by atoms with Crippen molar-refractivity contribution >= 4 is 16.0 Å². The van der Waals surface area contributed by atoms with Gasteiger partial charge in [-0.15, -0.1) is 0 Å². The number of hydrogen-bond acceptors (Lipinski definition) is 5. The Morgan fingerprint density at radius 2 is 2.00 bits per heavy atom. The number of ether oxygens (including phenoxy) is 2. The monoisotopic (exact) mass is 337 g/mol. The van der Waals surface area contributed by atoms with E-state index in [2.05, 4.69) is 6.58 Å². The van der Waals surface area contributed by atoms with E-state index in [-0.39, 0.29) is 23.0 Å². The summed E-state index contributed by atoms with van der Waals surface area (Å²) < 4.78 is 36.8. The van der Waals surface area contributed by atoms with E-state index in [1.165, 1.54) is 25.3 Å². The Balaban J connectivity index is 2.47. The average molecular weight is 337 g/mol. The lowest BCUT2D eigenvalue weighted by Gasteiger charge is -2.24. The molecule has 0 saturated carbocycles. The molecule has 1 fully saturated rings. The maximum atomic E-state index is 12.9. The van der Waals surface area contributed by atoms with Crippen molar-refractivity contribution in [3.8, 4) is 0 Å². The Morgan fingerprint density at radius 1 is 1.39 bits per heavy atom. The third kappa shape index (κ3) is 3.10. The van der Waals surface area contributed by atoms with Crippen molar-refractivity contribution in [2.24, 2.45) is 0 Å². The van der Waals surface area contributed by atoms with E-state index < -0.39 is 22.0 Å². The molecule has 0 amide bonds. The molecule has 1 saturated heterocycles. The summed E-state index contributed by atoms with van der Waals surface area (Å²) in [6.45, 7) is 7.17. The molecule has 1 atom stereocenters. The first-order chi connectivity index (χ1) is 10.8. The summed E-state index contributed by atoms with van der Waals surface area (Å²) in [7, 11) is -2.65. The van der Waals surface area contributed by atoms with E-state index in [1.807, 2.05) is 6.92 Å². The standard InChI is InChI=1S/C16H19NO5S/c1-5-14(16(18)21-4)15-10-22-12(3)17(15)23(19,20)13-8-6-11(2)7-9-13/h5-9,15H,3,10H2,1-2,4H3/b14-5+. The van der Waals surface area contributed by atoms with Crippen molar-refractivity contribution in [3.05, 3.63) is 53.9 Å². The van der Waals surface area contributed by atoms with Crippen molar-refractivity contribution in [2.45, 2.75) is 24.8 Å². The third-order valence-corrected chi connectivity index (χ3v) is 5.45. The Kier molecular flexibility index (Phi) is 4.79. The predicted molar refractivity (Wildman–Crippen MR) is 84.9 cm³/mol. The number of sulfonamides is 1. The molecule has 7 heteroatoms. The molecule has 0 N–H and O–H groups in total. The number of aryl methyl sites for hydroxylation is 1. The number of allylic oxidation sites excluding steroid dienone is 1. The number of carbonyl (C=O) groups excluding carboxylic acids is 1. The van der Waals surface area contributed by atoms with Crippen molar-refractivity contribution < 1.29 is 22.7 Å². The Bertz CT molecular complexity index is 749. The molecule has 1 aromatic carbocycles. The first-order valence-corrected chi connectivity index (χ1v) is 8.44. The van der Waals surface area contributed by atoms with Crippen molar-refractivity contribution in [2.75, 3.05) is 13.7 Å². The van der Waals surface area contributed by atoms with E-state index in [0.717, 1.165) is 9.87 Å². The van der Waals surface area contributed by atoms with Crippen LogP contribution in [0.5, 0.6) is 0 Å². The molecule has 23 heavy (non-hydrogen) atoms. The van der Waals surface area contributed by atoms with Crippen molar-refractivity contribution in [3.63, 3.8) is 0 Å². The highest BCUT2D eigenvalue weighted by molar-refractivity contribution is 7.89. The van der Waals surface area contributed by atoms with Gasteiger partial charge in [-0.2, -0.15) is 0 Å². The molecule has 0 bridgehead atoms. The minimum absolute atomic E-state index is 0.0126. The van der Waals surface area contributed by atoms with Crippen molar-refractivity contribution in [1.29, 1.82) is 0 Å². The molecular weight excluding hydrogens is 318 g/mol. The van der Waals surface area contributed by atoms with E-state index in [1.54, 1.807) is 19.1 Å². The molecule has 1 unspecified atom stereocenters. The predicted octanol–water partition coefficient (Wildman–Crippen LogP) is 1.98. The summed E-state index contributed by atoms with van der Waals surface area (Å²) >= 11 is 0. The molecule has 0 radical (unpaired) electrons. The number of methoxy groups -OCH3 is 1. The van der Waals surface area contributed by atoms with Gasteiger partial charge in [0.15, 0.2) is 5.88 Å². The molecule has 1 aromatic rings. The quantitative estimate of drug-likeness (QED) is 0.620. The number of benzene rings is 1. The molecule has 124 valence electrons. The maximum Gasteiger partial charge on any atom is 0.335 e. The second-order valence-electron chi connectivity index (χ2n) is 5.07. The van der Waals surface area contributed by atoms with Crippen LogP contribution in [0, 0.1) is 6.92 Å². The van der Waals surface area contributed by atoms with Gasteiger partial charge in [0.1, 0.15) is 12.6 Å². The molecular formula is C16H19NO5S. The van der Waals surface area contributed by atoms with E-state index in [9.17, 15) is 13.2 Å². The molecule has 6 nitrogen and oxygen atoms in total. The van der Waals surface area contributed by atoms with Crippen LogP contribution in [-0.4, -0.2) is 38.5 Å². The smallest absolute Gasteiger partial charge is 0.335 e. The molecule has 2 rings (SSSR count). The molecule has 0 aromatic heterocycles. The number of nitrogens with zero attached hydrogens (tertiary/aromatic N) is 1. The fraction of sp³-hybridized carbons (Fsp3) is 0.312. The van der Waals surface area contributed by atoms with Crippen LogP contribution in [0.3, 0.4) is 0 Å². The lowest BCUT2D eigenvalue weighted by Crippen LogP contribution is -2.39. The number of hydrogen-bond donors (Lipinski definition) is 0. The number of esters is 1. The summed E-state index contributed by atoms with van der Waals surface area (Å²) in [4.78, 5) is 12.0. The zero-order chi connectivity index (χ0) is 17.2. The van der Waals surface area contributed by atoms with Gasteiger partial charge in [0.25, 0.3) is 10.0 Å². The van der Waals surface area contributed by atoms with E-state index in [4.69, 9.17) is 9.47 Å². The lowest BCUT2D eigenvalue weighted by molar-refractivity contribution is -0.136. The van der Waals surface area contributed by atoms with Crippen molar-refractivity contribution in [1.82, 2.24) is 4.31 Å². The molecule has 0 spiro atoms. The van der Waals surface area contributed by atoms with E-state index >= 15 is 0 Å². The Hall–Kier alpha value is -2.28. The first kappa shape index (κ1) is 17.1. The number of rotatable bonds is 4. The fourth-order valence-electron chi connectivity index (χ4n) is 2.39. The van der Waals surface area contributed by atoms with Gasteiger partial charge in [0, 0.05) is 0 Å². The maximum absolute atomic E-state index is 12.9. The van der Waals surface area contributed by atoms with Gasteiger partial charge in [-0.05, 0) is 32.6 Å². The average Bonchev–Trinajstić information content (AvgIpc) is 2.90. The summed E-state index contributed by atoms with van der Waals surface area (Å²) in [5, 5.41) is 0. The van der Waals surface area contributed by atoms with Gasteiger partial charge in [-0.3, -0.25) is 0 Å². The van der Waals surface area contributed by atoms with Crippen LogP contribution < -0.4 is 0 Å². The summed E-state index contributed by atoms with van der Waals surface area (Å²) in [5.41, 5.74) is 1.16. The first-order valence-electron chi connectivity index (χ1n) is 7.00. The van der Waals surface area contributed by atoms with Crippen LogP contribution in [-0.2, 0) is 24.3 Å². The van der Waals surface area contributed by atoms with Gasteiger partial charge < -0.3 is 9.47 Å². The summed E-state index contributed by atoms with van der Waals surface area (Å²) in [6, 6.07) is 5.64. The molecule has 1 aliphatic heterocycles. The highest BCUT2D eigenvalue weighted by Crippen LogP contribution is 2.32. The van der Waals surface area contributed by atoms with Gasteiger partial charge >= 0.3 is 5.97 Å². The van der Waals surface area contributed by atoms with Crippen LogP contribution in [0.25, 0.3) is 0 Å². The fourth-order valence-corrected chi connectivity index (χ4v) is 3.92. The normalized spacial score (nSPS) is 18.7. The minimum Gasteiger partial charge on any atom is -0.476 e. The van der Waals surface area contributed by atoms with Gasteiger partial charge in [0.05, 0.1) is 17.6 Å². The Morgan fingerprint density at radius 3 is 2.52 bits per heavy atom. The van der Waals surface area contributed by atoms with Gasteiger partial charge in [-0.1, -0.05) is 23.8 Å². The third-order valence-electron chi connectivity index (χ3n) is 3.61. The van der Waals surface area contributed by atoms with E-state index in [0.29, 0.717) is 0 Å². The lowest BCUT2D eigenvalue weighted by atomic mass is 10.1. The van der Waals surface area contributed by atoms with Gasteiger partial charge in [0.2, 0.25) is 0 Å². The highest BCUT2D eigenvalue weighted by Gasteiger charge is 2.42. The van der Waals surface area contributed by atoms with Crippen LogP contribution in [0.2, 0.25) is 0 Å². The second-order valence-corrected chi connectivity index (χ2v) is 6.88. The van der Waals surface area contributed by atoms with Crippen LogP contribution in [0.1, 0.15) is 12.5 Å². The largest absolute Gasteiger partial charge is 0.476 e. The molecule has 0 aliphatic carbocycles. The molecule has 1 heterocycles. The summed E-state index contributed by atoms with van der Waals surface area (Å²) in [5.74, 6) is -0.612. The van der Waals surface area contributed by atoms with Crippen LogP contribution >= 0.6 is 0 Å². The minimum atomic E-state index is -3.89.